The summed E-state index contributed by atoms with van der Waals surface area (Å²) in [7, 11) is 0. The molecule has 0 amide bonds. The highest BCUT2D eigenvalue weighted by molar-refractivity contribution is 7.99. The number of hydrogen-bond donors (Lipinski definition) is 1. The summed E-state index contributed by atoms with van der Waals surface area (Å²) < 4.78 is 0. The van der Waals surface area contributed by atoms with Crippen molar-refractivity contribution in [3.63, 3.8) is 0 Å². The monoisotopic (exact) mass is 199 g/mol. The van der Waals surface area contributed by atoms with Gasteiger partial charge in [0, 0.05) is 17.3 Å². The van der Waals surface area contributed by atoms with E-state index in [4.69, 9.17) is 11.6 Å². The topological polar surface area (TPSA) is 12.0 Å². The van der Waals surface area contributed by atoms with E-state index in [1.807, 2.05) is 30.0 Å². The van der Waals surface area contributed by atoms with E-state index in [0.29, 0.717) is 5.37 Å². The molecule has 1 saturated heterocycles. The summed E-state index contributed by atoms with van der Waals surface area (Å²) in [6, 6.07) is 8.04. The number of benzene rings is 1. The van der Waals surface area contributed by atoms with Gasteiger partial charge in [0.25, 0.3) is 0 Å². The summed E-state index contributed by atoms with van der Waals surface area (Å²) in [6.07, 6.45) is 0. The molecule has 0 saturated carbocycles. The van der Waals surface area contributed by atoms with Crippen molar-refractivity contribution in [3.05, 3.63) is 34.9 Å². The van der Waals surface area contributed by atoms with E-state index >= 15 is 0 Å². The minimum Gasteiger partial charge on any atom is -0.301 e. The highest BCUT2D eigenvalue weighted by Crippen LogP contribution is 2.30. The number of rotatable bonds is 1. The molecule has 1 aromatic carbocycles. The average molecular weight is 200 g/mol. The molecule has 1 heterocycles. The molecule has 1 N–H and O–H groups in total. The Bertz CT molecular complexity index is 271. The Morgan fingerprint density at radius 2 is 2.42 bits per heavy atom. The third-order valence-corrected chi connectivity index (χ3v) is 3.31. The maximum Gasteiger partial charge on any atom is 0.0790 e. The smallest absolute Gasteiger partial charge is 0.0790 e. The predicted molar refractivity (Wildman–Crippen MR) is 54.7 cm³/mol. The van der Waals surface area contributed by atoms with Gasteiger partial charge in [-0.05, 0) is 17.7 Å². The Morgan fingerprint density at radius 3 is 3.08 bits per heavy atom. The maximum atomic E-state index is 5.89. The molecule has 0 unspecified atom stereocenters. The van der Waals surface area contributed by atoms with Gasteiger partial charge in [0.1, 0.15) is 0 Å². The molecule has 0 aromatic heterocycles. The molecular formula is C9H10ClNS. The van der Waals surface area contributed by atoms with Gasteiger partial charge >= 0.3 is 0 Å². The van der Waals surface area contributed by atoms with Crippen LogP contribution in [0.5, 0.6) is 0 Å². The van der Waals surface area contributed by atoms with E-state index in [2.05, 4.69) is 11.4 Å². The fraction of sp³-hybridized carbons (Fsp3) is 0.333. The van der Waals surface area contributed by atoms with E-state index in [9.17, 15) is 0 Å². The lowest BCUT2D eigenvalue weighted by Crippen LogP contribution is -2.11. The molecule has 0 spiro atoms. The quantitative estimate of drug-likeness (QED) is 0.747. The van der Waals surface area contributed by atoms with Crippen molar-refractivity contribution in [1.29, 1.82) is 0 Å². The molecule has 1 fully saturated rings. The van der Waals surface area contributed by atoms with Crippen molar-refractivity contribution in [3.8, 4) is 0 Å². The third kappa shape index (κ3) is 1.76. The Hall–Kier alpha value is -0.180. The molecule has 3 heteroatoms. The summed E-state index contributed by atoms with van der Waals surface area (Å²) in [5, 5.41) is 4.67. The van der Waals surface area contributed by atoms with Gasteiger partial charge in [-0.3, -0.25) is 0 Å². The van der Waals surface area contributed by atoms with Crippen molar-refractivity contribution < 1.29 is 0 Å². The zero-order valence-electron chi connectivity index (χ0n) is 6.59. The first-order chi connectivity index (χ1) is 5.86. The number of hydrogen-bond acceptors (Lipinski definition) is 2. The Labute approximate surface area is 81.5 Å². The van der Waals surface area contributed by atoms with Gasteiger partial charge in [-0.15, -0.1) is 11.8 Å². The zero-order valence-corrected chi connectivity index (χ0v) is 8.16. The molecule has 1 aromatic rings. The molecular weight excluding hydrogens is 190 g/mol. The fourth-order valence-electron chi connectivity index (χ4n) is 1.31. The van der Waals surface area contributed by atoms with Crippen LogP contribution >= 0.6 is 23.4 Å². The normalized spacial score (nSPS) is 22.9. The van der Waals surface area contributed by atoms with Crippen LogP contribution in [0.1, 0.15) is 10.9 Å². The van der Waals surface area contributed by atoms with Gasteiger partial charge < -0.3 is 5.32 Å². The van der Waals surface area contributed by atoms with E-state index in [1.165, 1.54) is 11.3 Å². The van der Waals surface area contributed by atoms with Crippen molar-refractivity contribution in [2.75, 3.05) is 12.3 Å². The average Bonchev–Trinajstić information content (AvgIpc) is 2.56. The summed E-state index contributed by atoms with van der Waals surface area (Å²) in [5.41, 5.74) is 1.28. The molecule has 0 radical (unpaired) electrons. The first-order valence-electron chi connectivity index (χ1n) is 3.97. The van der Waals surface area contributed by atoms with Crippen molar-refractivity contribution in [2.45, 2.75) is 5.37 Å². The number of nitrogens with one attached hydrogen (secondary N) is 1. The fourth-order valence-corrected chi connectivity index (χ4v) is 2.55. The van der Waals surface area contributed by atoms with Crippen LogP contribution in [-0.2, 0) is 0 Å². The molecule has 1 atom stereocenters. The van der Waals surface area contributed by atoms with Crippen LogP contribution in [0.25, 0.3) is 0 Å². The van der Waals surface area contributed by atoms with Gasteiger partial charge in [-0.25, -0.2) is 0 Å². The Balaban J connectivity index is 2.21. The lowest BCUT2D eigenvalue weighted by atomic mass is 10.2. The first-order valence-corrected chi connectivity index (χ1v) is 5.39. The van der Waals surface area contributed by atoms with Crippen LogP contribution in [0, 0.1) is 0 Å². The predicted octanol–water partition coefficient (Wildman–Crippen LogP) is 2.68. The van der Waals surface area contributed by atoms with Crippen LogP contribution in [0.3, 0.4) is 0 Å². The second-order valence-corrected chi connectivity index (χ2v) is 4.41. The van der Waals surface area contributed by atoms with Crippen LogP contribution < -0.4 is 5.32 Å². The van der Waals surface area contributed by atoms with E-state index in [-0.39, 0.29) is 0 Å². The Kier molecular flexibility index (Phi) is 2.59. The van der Waals surface area contributed by atoms with E-state index < -0.39 is 0 Å². The number of halogens is 1. The second kappa shape index (κ2) is 3.69. The van der Waals surface area contributed by atoms with E-state index in [0.717, 1.165) is 11.6 Å². The third-order valence-electron chi connectivity index (χ3n) is 1.87. The zero-order chi connectivity index (χ0) is 8.39. The molecule has 0 aliphatic carbocycles. The molecule has 1 aliphatic rings. The lowest BCUT2D eigenvalue weighted by molar-refractivity contribution is 0.751. The van der Waals surface area contributed by atoms with Gasteiger partial charge in [0.05, 0.1) is 5.37 Å². The van der Waals surface area contributed by atoms with Crippen molar-refractivity contribution in [2.24, 2.45) is 0 Å². The largest absolute Gasteiger partial charge is 0.301 e. The molecule has 1 nitrogen and oxygen atoms in total. The molecule has 64 valence electrons. The molecule has 0 bridgehead atoms. The van der Waals surface area contributed by atoms with Crippen LogP contribution in [0.4, 0.5) is 0 Å². The van der Waals surface area contributed by atoms with Gasteiger partial charge in [-0.2, -0.15) is 0 Å². The first kappa shape index (κ1) is 8.42. The van der Waals surface area contributed by atoms with Crippen molar-refractivity contribution >= 4 is 23.4 Å². The van der Waals surface area contributed by atoms with E-state index in [1.54, 1.807) is 0 Å². The Morgan fingerprint density at radius 1 is 1.50 bits per heavy atom. The molecule has 2 rings (SSSR count). The summed E-state index contributed by atoms with van der Waals surface area (Å²) in [5.74, 6) is 1.19. The lowest BCUT2D eigenvalue weighted by Gasteiger charge is -2.09. The SMILES string of the molecule is Clc1cccc([C@@H]2NCCS2)c1. The standard InChI is InChI=1S/C9H10ClNS/c10-8-3-1-2-7(6-8)9-11-4-5-12-9/h1-3,6,9,11H,4-5H2/t9-/m1/s1. The van der Waals surface area contributed by atoms with Gasteiger partial charge in [-0.1, -0.05) is 23.7 Å². The highest BCUT2D eigenvalue weighted by atomic mass is 35.5. The van der Waals surface area contributed by atoms with Crippen LogP contribution in [0.2, 0.25) is 5.02 Å². The minimum absolute atomic E-state index is 0.448. The van der Waals surface area contributed by atoms with Gasteiger partial charge in [0.2, 0.25) is 0 Å². The van der Waals surface area contributed by atoms with Crippen LogP contribution in [0.15, 0.2) is 24.3 Å². The summed E-state index contributed by atoms with van der Waals surface area (Å²) >= 11 is 7.82. The maximum absolute atomic E-state index is 5.89. The summed E-state index contributed by atoms with van der Waals surface area (Å²) in [6.45, 7) is 1.10. The number of thioether (sulfide) groups is 1. The molecule has 1 aliphatic heterocycles. The van der Waals surface area contributed by atoms with Crippen molar-refractivity contribution in [1.82, 2.24) is 5.32 Å². The van der Waals surface area contributed by atoms with Gasteiger partial charge in [0.15, 0.2) is 0 Å². The second-order valence-electron chi connectivity index (χ2n) is 2.76. The van der Waals surface area contributed by atoms with Crippen LogP contribution in [-0.4, -0.2) is 12.3 Å². The summed E-state index contributed by atoms with van der Waals surface area (Å²) in [4.78, 5) is 0. The minimum atomic E-state index is 0.448. The highest BCUT2D eigenvalue weighted by Gasteiger charge is 2.16. The molecule has 12 heavy (non-hydrogen) atoms.